The van der Waals surface area contributed by atoms with Crippen LogP contribution in [-0.2, 0) is 20.7 Å². The number of aromatic nitrogens is 1. The molecule has 1 saturated carbocycles. The molecule has 1 aromatic heterocycles. The second-order valence-electron chi connectivity index (χ2n) is 10.3. The molecule has 10 heteroatoms. The van der Waals surface area contributed by atoms with Gasteiger partial charge in [-0.25, -0.2) is 13.8 Å². The van der Waals surface area contributed by atoms with Crippen LogP contribution in [0.25, 0.3) is 10.8 Å². The fourth-order valence-electron chi connectivity index (χ4n) is 5.30. The number of alkyl halides is 1. The van der Waals surface area contributed by atoms with E-state index in [4.69, 9.17) is 9.84 Å². The first-order chi connectivity index (χ1) is 19.8. The topological polar surface area (TPSA) is 112 Å². The molecule has 1 aliphatic carbocycles. The van der Waals surface area contributed by atoms with E-state index in [1.165, 1.54) is 30.6 Å². The molecule has 1 amide bonds. The number of methoxy groups -OCH3 is 1. The van der Waals surface area contributed by atoms with E-state index >= 15 is 0 Å². The van der Waals surface area contributed by atoms with Crippen molar-refractivity contribution in [3.8, 4) is 0 Å². The van der Waals surface area contributed by atoms with Crippen LogP contribution in [0.15, 0.2) is 59.7 Å². The molecule has 8 nitrogen and oxygen atoms in total. The van der Waals surface area contributed by atoms with E-state index < -0.39 is 29.9 Å². The summed E-state index contributed by atoms with van der Waals surface area (Å²) in [7, 11) is 1.47. The number of aliphatic hydroxyl groups excluding tert-OH is 1. The summed E-state index contributed by atoms with van der Waals surface area (Å²) in [5.74, 6) is -1.41. The lowest BCUT2D eigenvalue weighted by atomic mass is 9.90. The Labute approximate surface area is 237 Å². The van der Waals surface area contributed by atoms with Crippen LogP contribution in [0.3, 0.4) is 0 Å². The summed E-state index contributed by atoms with van der Waals surface area (Å²) in [6, 6.07) is 13.3. The minimum absolute atomic E-state index is 0.0289. The predicted molar refractivity (Wildman–Crippen MR) is 151 cm³/mol. The number of carboxylic acids is 1. The maximum Gasteiger partial charge on any atom is 0.306 e. The fraction of sp³-hybridized carbons (Fsp3) is 0.419. The maximum absolute atomic E-state index is 14.7. The number of rotatable bonds is 6. The number of carbonyl (C=O) groups excluding carboxylic acids is 1. The Balaban J connectivity index is 0.000000367. The van der Waals surface area contributed by atoms with Crippen molar-refractivity contribution in [1.29, 1.82) is 0 Å². The fourth-order valence-corrected chi connectivity index (χ4v) is 5.30. The maximum atomic E-state index is 14.7. The molecule has 2 heterocycles. The lowest BCUT2D eigenvalue weighted by molar-refractivity contribution is -0.142. The molecule has 2 fully saturated rings. The highest BCUT2D eigenvalue weighted by Gasteiger charge is 2.34. The lowest BCUT2D eigenvalue weighted by Crippen LogP contribution is -2.38. The van der Waals surface area contributed by atoms with Gasteiger partial charge in [0, 0.05) is 18.0 Å². The first-order valence-electron chi connectivity index (χ1n) is 13.8. The molecule has 2 atom stereocenters. The Morgan fingerprint density at radius 1 is 1.12 bits per heavy atom. The number of pyridine rings is 1. The van der Waals surface area contributed by atoms with Gasteiger partial charge in [0.1, 0.15) is 17.7 Å². The third-order valence-electron chi connectivity index (χ3n) is 7.53. The second kappa shape index (κ2) is 14.1. The van der Waals surface area contributed by atoms with Crippen molar-refractivity contribution >= 4 is 34.2 Å². The molecular weight excluding hydrogens is 532 g/mol. The van der Waals surface area contributed by atoms with Gasteiger partial charge < -0.3 is 19.8 Å². The number of benzene rings is 2. The van der Waals surface area contributed by atoms with Crippen molar-refractivity contribution in [1.82, 2.24) is 9.88 Å². The summed E-state index contributed by atoms with van der Waals surface area (Å²) in [5, 5.41) is 19.7. The van der Waals surface area contributed by atoms with Crippen LogP contribution in [0.2, 0.25) is 0 Å². The molecule has 0 spiro atoms. The monoisotopic (exact) mass is 567 g/mol. The van der Waals surface area contributed by atoms with E-state index in [9.17, 15) is 23.5 Å². The van der Waals surface area contributed by atoms with Crippen LogP contribution in [0.1, 0.15) is 49.8 Å². The van der Waals surface area contributed by atoms with Crippen molar-refractivity contribution in [2.24, 2.45) is 10.9 Å². The standard InChI is InChI=1S/C24H23F2N3O3.C7H12O2/c1-32-24(23-20-5-3-2-4-15(20)8-9-27-23)28-18-7-6-16(21(26)12-18)10-22(31)29-13-17(25)11-19(29)14-30;8-7(9)6-4-2-1-3-5-6/h2-9,12,17,19,30H,10-11,13-14H2,1H3;6H,1-5H2,(H,8,9). The summed E-state index contributed by atoms with van der Waals surface area (Å²) in [6.45, 7) is -0.395. The first kappa shape index (κ1) is 30.0. The number of aliphatic imine (C=N–C) groups is 1. The number of halogens is 2. The SMILES string of the molecule is COC(=Nc1ccc(CC(=O)N2CC(F)CC2CO)c(F)c1)c1nccc2ccccc12.O=C(O)C1CCCCC1. The molecular formula is C31H35F2N3O5. The summed E-state index contributed by atoms with van der Waals surface area (Å²) < 4.78 is 33.8. The molecule has 5 rings (SSSR count). The van der Waals surface area contributed by atoms with Gasteiger partial charge in [-0.2, -0.15) is 0 Å². The number of hydrogen-bond acceptors (Lipinski definition) is 6. The molecule has 2 aliphatic rings. The van der Waals surface area contributed by atoms with E-state index in [0.717, 1.165) is 36.5 Å². The van der Waals surface area contributed by atoms with Crippen LogP contribution in [0.4, 0.5) is 14.5 Å². The Kier molecular flexibility index (Phi) is 10.3. The molecule has 41 heavy (non-hydrogen) atoms. The number of nitrogens with zero attached hydrogens (tertiary/aromatic N) is 3. The Hall–Kier alpha value is -3.92. The largest absolute Gasteiger partial charge is 0.481 e. The van der Waals surface area contributed by atoms with Gasteiger partial charge in [-0.15, -0.1) is 0 Å². The molecule has 2 unspecified atom stereocenters. The van der Waals surface area contributed by atoms with Crippen LogP contribution in [-0.4, -0.2) is 70.3 Å². The quantitative estimate of drug-likeness (QED) is 0.312. The van der Waals surface area contributed by atoms with Crippen LogP contribution in [0, 0.1) is 11.7 Å². The van der Waals surface area contributed by atoms with E-state index in [1.807, 2.05) is 30.3 Å². The number of hydrogen-bond donors (Lipinski definition) is 2. The zero-order valence-corrected chi connectivity index (χ0v) is 23.0. The minimum atomic E-state index is -1.17. The van der Waals surface area contributed by atoms with Gasteiger partial charge in [0.05, 0.1) is 44.3 Å². The molecule has 218 valence electrons. The number of fused-ring (bicyclic) bond motifs is 1. The number of aliphatic hydroxyl groups is 1. The molecule has 1 aliphatic heterocycles. The number of aliphatic carboxylic acids is 1. The van der Waals surface area contributed by atoms with Gasteiger partial charge in [0.25, 0.3) is 0 Å². The highest BCUT2D eigenvalue weighted by molar-refractivity contribution is 6.05. The Morgan fingerprint density at radius 2 is 1.88 bits per heavy atom. The van der Waals surface area contributed by atoms with Crippen molar-refractivity contribution in [2.75, 3.05) is 20.3 Å². The van der Waals surface area contributed by atoms with Gasteiger partial charge in [0.2, 0.25) is 11.8 Å². The number of ether oxygens (including phenoxy) is 1. The van der Waals surface area contributed by atoms with Crippen LogP contribution < -0.4 is 0 Å². The number of likely N-dealkylation sites (tertiary alicyclic amines) is 1. The van der Waals surface area contributed by atoms with Gasteiger partial charge in [-0.1, -0.05) is 49.6 Å². The number of amides is 1. The summed E-state index contributed by atoms with van der Waals surface area (Å²) in [6.07, 6.45) is 5.60. The smallest absolute Gasteiger partial charge is 0.306 e. The summed E-state index contributed by atoms with van der Waals surface area (Å²) in [4.78, 5) is 32.9. The number of carboxylic acid groups (broad SMARTS) is 1. The Bertz CT molecular complexity index is 1390. The highest BCUT2D eigenvalue weighted by atomic mass is 19.1. The zero-order chi connectivity index (χ0) is 29.4. The van der Waals surface area contributed by atoms with Crippen molar-refractivity contribution < 1.29 is 33.3 Å². The van der Waals surface area contributed by atoms with Gasteiger partial charge in [-0.05, 0) is 42.0 Å². The van der Waals surface area contributed by atoms with Gasteiger partial charge in [-0.3, -0.25) is 14.6 Å². The molecule has 2 aromatic carbocycles. The average molecular weight is 568 g/mol. The highest BCUT2D eigenvalue weighted by Crippen LogP contribution is 2.25. The third-order valence-corrected chi connectivity index (χ3v) is 7.53. The van der Waals surface area contributed by atoms with Gasteiger partial charge >= 0.3 is 5.97 Å². The van der Waals surface area contributed by atoms with E-state index in [1.54, 1.807) is 12.3 Å². The second-order valence-corrected chi connectivity index (χ2v) is 10.3. The predicted octanol–water partition coefficient (Wildman–Crippen LogP) is 5.22. The molecule has 0 bridgehead atoms. The molecule has 0 radical (unpaired) electrons. The first-order valence-corrected chi connectivity index (χ1v) is 13.8. The minimum Gasteiger partial charge on any atom is -0.481 e. The molecule has 3 aromatic rings. The van der Waals surface area contributed by atoms with Crippen LogP contribution >= 0.6 is 0 Å². The lowest BCUT2D eigenvalue weighted by Gasteiger charge is -2.22. The van der Waals surface area contributed by atoms with Crippen molar-refractivity contribution in [2.45, 2.75) is 57.2 Å². The van der Waals surface area contributed by atoms with Crippen LogP contribution in [0.5, 0.6) is 0 Å². The number of carbonyl (C=O) groups is 2. The van der Waals surface area contributed by atoms with E-state index in [0.29, 0.717) is 11.4 Å². The summed E-state index contributed by atoms with van der Waals surface area (Å²) in [5.41, 5.74) is 1.02. The van der Waals surface area contributed by atoms with E-state index in [-0.39, 0.29) is 43.4 Å². The average Bonchev–Trinajstić information content (AvgIpc) is 3.38. The zero-order valence-electron chi connectivity index (χ0n) is 23.0. The van der Waals surface area contributed by atoms with E-state index in [2.05, 4.69) is 9.98 Å². The molecule has 2 N–H and O–H groups in total. The van der Waals surface area contributed by atoms with Gasteiger partial charge in [0.15, 0.2) is 0 Å². The third kappa shape index (κ3) is 7.64. The molecule has 1 saturated heterocycles. The van der Waals surface area contributed by atoms with Crippen molar-refractivity contribution in [3.63, 3.8) is 0 Å². The normalized spacial score (nSPS) is 19.5. The summed E-state index contributed by atoms with van der Waals surface area (Å²) >= 11 is 0. The van der Waals surface area contributed by atoms with Crippen molar-refractivity contribution in [3.05, 3.63) is 71.8 Å². The Morgan fingerprint density at radius 3 is 2.54 bits per heavy atom.